The van der Waals surface area contributed by atoms with Gasteiger partial charge in [0.2, 0.25) is 0 Å². The van der Waals surface area contributed by atoms with Gasteiger partial charge in [0.15, 0.2) is 0 Å². The van der Waals surface area contributed by atoms with Gasteiger partial charge in [0, 0.05) is 104 Å². The first-order valence-electron chi connectivity index (χ1n) is 24.5. The lowest BCUT2D eigenvalue weighted by molar-refractivity contribution is 0.00756. The van der Waals surface area contributed by atoms with Gasteiger partial charge in [-0.05, 0) is 130 Å². The number of carbonyl (C=O) groups excluding carboxylic acids is 3. The first-order valence-corrected chi connectivity index (χ1v) is 24.8. The number of halogens is 1. The van der Waals surface area contributed by atoms with Crippen molar-refractivity contribution in [3.8, 4) is 34.7 Å². The molecule has 4 aliphatic heterocycles. The van der Waals surface area contributed by atoms with Crippen molar-refractivity contribution in [1.82, 2.24) is 40.0 Å². The number of nitrogens with zero attached hydrogens (tertiary/aromatic N) is 10. The van der Waals surface area contributed by atoms with E-state index in [1.165, 1.54) is 5.56 Å². The number of nitriles is 2. The lowest BCUT2D eigenvalue weighted by Crippen LogP contribution is -2.50. The second-order valence-electron chi connectivity index (χ2n) is 20.2. The Kier molecular flexibility index (Phi) is 17.1. The Bertz CT molecular complexity index is 3160. The van der Waals surface area contributed by atoms with Crippen LogP contribution in [0, 0.1) is 55.9 Å². The Morgan fingerprint density at radius 1 is 0.653 bits per heavy atom. The average Bonchev–Trinajstić information content (AvgIpc) is 3.88. The summed E-state index contributed by atoms with van der Waals surface area (Å²) in [7, 11) is 0. The predicted molar refractivity (Wildman–Crippen MR) is 285 cm³/mol. The predicted octanol–water partition coefficient (Wildman–Crippen LogP) is 10.8. The van der Waals surface area contributed by atoms with Crippen LogP contribution in [0.1, 0.15) is 129 Å². The molecule has 4 saturated heterocycles. The number of likely N-dealkylation sites (tertiary alicyclic amines) is 3. The largest absolute Gasteiger partial charge is 0.444 e. The molecule has 4 aliphatic rings. The summed E-state index contributed by atoms with van der Waals surface area (Å²) in [6, 6.07) is 31.2. The van der Waals surface area contributed by atoms with Gasteiger partial charge in [0.1, 0.15) is 17.2 Å². The number of amides is 3. The van der Waals surface area contributed by atoms with Crippen LogP contribution in [0.5, 0.6) is 0 Å². The average molecular weight is 1030 g/mol. The minimum absolute atomic E-state index is 0. The number of imidazole rings is 2. The summed E-state index contributed by atoms with van der Waals surface area (Å²) in [5.41, 5.74) is 18.2. The van der Waals surface area contributed by atoms with Crippen LogP contribution in [0.25, 0.3) is 22.5 Å². The van der Waals surface area contributed by atoms with Crippen molar-refractivity contribution in [1.29, 1.82) is 16.1 Å². The van der Waals surface area contributed by atoms with Crippen molar-refractivity contribution in [3.05, 3.63) is 152 Å². The number of aromatic nitrogens is 4. The standard InChI is InChI=1S/C30H33N5O3.C25H25N5O.CH4.ClHN4/c1-18-6-9-22(28(36)34-14-23(15-34)21-10-7-20(13-31)8-11-21)12-25(18)26-19(2)32-27(33-26)24-16-35(17-24)29(37)38-30(3,4)5;1-15-3-6-19(9-22(15)23-16(2)28-24(29-23)20-11-27-12-20)25(31)30-13-21(14-30)18-7-4-17(10-26)5-8-18;;1-3-5-4-2/h6-12,23-24H,14-17H2,1-5H3,(H,32,33);3-9,20-21,27H,11-14H2,1-2H3,(H,28,29);1H4;2H. The molecule has 6 heterocycles. The molecule has 0 radical (unpaired) electrons. The second kappa shape index (κ2) is 23.4. The van der Waals surface area contributed by atoms with Gasteiger partial charge in [0.05, 0.1) is 52.3 Å². The van der Waals surface area contributed by atoms with Gasteiger partial charge < -0.3 is 34.7 Å². The molecule has 4 fully saturated rings. The maximum atomic E-state index is 13.3. The summed E-state index contributed by atoms with van der Waals surface area (Å²) in [6.45, 7) is 19.5. The van der Waals surface area contributed by atoms with Crippen LogP contribution in [-0.4, -0.2) is 111 Å². The molecule has 75 heavy (non-hydrogen) atoms. The van der Waals surface area contributed by atoms with E-state index in [0.29, 0.717) is 73.4 Å². The van der Waals surface area contributed by atoms with Crippen LogP contribution < -0.4 is 5.32 Å². The van der Waals surface area contributed by atoms with Gasteiger partial charge in [-0.25, -0.2) is 14.8 Å². The van der Waals surface area contributed by atoms with Crippen molar-refractivity contribution < 1.29 is 19.1 Å². The Balaban J connectivity index is 0.000000201. The molecule has 10 rings (SSSR count). The van der Waals surface area contributed by atoms with Crippen LogP contribution in [-0.2, 0) is 4.74 Å². The number of aromatic amines is 2. The highest BCUT2D eigenvalue weighted by molar-refractivity contribution is 6.13. The van der Waals surface area contributed by atoms with Gasteiger partial charge in [-0.15, -0.1) is 0 Å². The van der Waals surface area contributed by atoms with Crippen molar-refractivity contribution in [3.63, 3.8) is 0 Å². The summed E-state index contributed by atoms with van der Waals surface area (Å²) in [5, 5.41) is 26.3. The molecule has 6 aromatic rings. The fraction of sp³-hybridized carbons (Fsp3) is 0.375. The molecular formula is C56H63ClN14O4. The number of hydrogen-bond acceptors (Lipinski definition) is 11. The molecule has 0 saturated carbocycles. The lowest BCUT2D eigenvalue weighted by Gasteiger charge is -2.39. The van der Waals surface area contributed by atoms with Crippen molar-refractivity contribution in [2.45, 2.75) is 85.2 Å². The maximum absolute atomic E-state index is 13.3. The topological polar surface area (TPSA) is 248 Å². The van der Waals surface area contributed by atoms with Gasteiger partial charge in [-0.2, -0.15) is 16.1 Å². The molecule has 388 valence electrons. The SMILES string of the molecule is C.Cc1ccc(C(=O)N2CC(c3ccc(C#N)cc3)C2)cc1-c1nc(C2CN(C(=O)OC(C)(C)C)C2)[nH]c1C.Cc1ccc(C(=O)N2CC(c3ccc(C#N)cc3)C2)cc1-c1nc(C2CNC2)[nH]c1C.N=NN=NCl. The van der Waals surface area contributed by atoms with Crippen LogP contribution in [0.2, 0.25) is 0 Å². The van der Waals surface area contributed by atoms with E-state index >= 15 is 0 Å². The zero-order chi connectivity index (χ0) is 52.8. The molecule has 0 unspecified atom stereocenters. The van der Waals surface area contributed by atoms with E-state index < -0.39 is 5.60 Å². The number of nitrogens with one attached hydrogen (secondary N) is 4. The van der Waals surface area contributed by atoms with E-state index in [9.17, 15) is 14.4 Å². The van der Waals surface area contributed by atoms with Gasteiger partial charge >= 0.3 is 6.09 Å². The van der Waals surface area contributed by atoms with Crippen LogP contribution in [0.3, 0.4) is 0 Å². The molecule has 2 aromatic heterocycles. The molecule has 4 N–H and O–H groups in total. The first-order chi connectivity index (χ1) is 35.5. The molecule has 4 aromatic carbocycles. The molecular weight excluding hydrogens is 968 g/mol. The molecule has 0 bridgehead atoms. The second-order valence-corrected chi connectivity index (χ2v) is 20.4. The number of ether oxygens (including phenoxy) is 1. The monoisotopic (exact) mass is 1030 g/mol. The van der Waals surface area contributed by atoms with E-state index in [-0.39, 0.29) is 37.2 Å². The minimum Gasteiger partial charge on any atom is -0.444 e. The van der Waals surface area contributed by atoms with E-state index in [1.54, 1.807) is 4.90 Å². The molecule has 19 heteroatoms. The Hall–Kier alpha value is -8.06. The summed E-state index contributed by atoms with van der Waals surface area (Å²) < 4.78 is 8.06. The van der Waals surface area contributed by atoms with E-state index in [0.717, 1.165) is 75.3 Å². The number of H-pyrrole nitrogens is 2. The van der Waals surface area contributed by atoms with E-state index in [4.69, 9.17) is 30.8 Å². The Labute approximate surface area is 442 Å². The van der Waals surface area contributed by atoms with Crippen LogP contribution in [0.4, 0.5) is 4.79 Å². The quantitative estimate of drug-likeness (QED) is 0.0793. The zero-order valence-electron chi connectivity index (χ0n) is 42.5. The van der Waals surface area contributed by atoms with E-state index in [2.05, 4.69) is 61.2 Å². The van der Waals surface area contributed by atoms with Crippen molar-refractivity contribution in [2.24, 2.45) is 15.1 Å². The fourth-order valence-electron chi connectivity index (χ4n) is 9.26. The van der Waals surface area contributed by atoms with Crippen molar-refractivity contribution >= 4 is 29.7 Å². The normalized spacial score (nSPS) is 15.5. The van der Waals surface area contributed by atoms with Crippen LogP contribution >= 0.6 is 11.8 Å². The highest BCUT2D eigenvalue weighted by atomic mass is 35.5. The third-order valence-corrected chi connectivity index (χ3v) is 13.9. The summed E-state index contributed by atoms with van der Waals surface area (Å²) in [4.78, 5) is 60.7. The van der Waals surface area contributed by atoms with E-state index in [1.807, 2.05) is 136 Å². The maximum Gasteiger partial charge on any atom is 0.410 e. The van der Waals surface area contributed by atoms with Gasteiger partial charge in [-0.3, -0.25) is 9.59 Å². The zero-order valence-corrected chi connectivity index (χ0v) is 43.3. The Morgan fingerprint density at radius 2 is 1.07 bits per heavy atom. The lowest BCUT2D eigenvalue weighted by atomic mass is 9.90. The number of carbonyl (C=O) groups is 3. The molecule has 0 spiro atoms. The van der Waals surface area contributed by atoms with Gasteiger partial charge in [0.25, 0.3) is 11.8 Å². The molecule has 3 amide bonds. The minimum atomic E-state index is -0.517. The summed E-state index contributed by atoms with van der Waals surface area (Å²) in [5.74, 6) is 3.12. The number of hydrogen-bond donors (Lipinski definition) is 4. The third-order valence-electron chi connectivity index (χ3n) is 13.8. The Morgan fingerprint density at radius 3 is 1.41 bits per heavy atom. The summed E-state index contributed by atoms with van der Waals surface area (Å²) >= 11 is 4.55. The van der Waals surface area contributed by atoms with Gasteiger partial charge in [-0.1, -0.05) is 48.5 Å². The summed E-state index contributed by atoms with van der Waals surface area (Å²) in [6.07, 6.45) is -0.299. The molecule has 0 aliphatic carbocycles. The van der Waals surface area contributed by atoms with Crippen LogP contribution in [0.15, 0.2) is 100 Å². The molecule has 0 atom stereocenters. The van der Waals surface area contributed by atoms with Crippen molar-refractivity contribution in [2.75, 3.05) is 52.4 Å². The molecule has 18 nitrogen and oxygen atoms in total. The smallest absolute Gasteiger partial charge is 0.410 e. The highest BCUT2D eigenvalue weighted by Crippen LogP contribution is 2.35. The first kappa shape index (κ1) is 54.7. The highest BCUT2D eigenvalue weighted by Gasteiger charge is 2.38. The fourth-order valence-corrected chi connectivity index (χ4v) is 9.29. The number of rotatable bonds is 9. The number of benzene rings is 4. The third kappa shape index (κ3) is 12.5. The number of aryl methyl sites for hydroxylation is 4.